The number of esters is 1. The fourth-order valence-corrected chi connectivity index (χ4v) is 4.46. The van der Waals surface area contributed by atoms with E-state index < -0.39 is 12.0 Å². The molecule has 8 heteroatoms. The molecule has 1 aromatic rings. The third kappa shape index (κ3) is 3.37. The molecule has 6 nitrogen and oxygen atoms in total. The number of rotatable bonds is 3. The molecule has 142 valence electrons. The lowest BCUT2D eigenvalue weighted by molar-refractivity contribution is -0.136. The van der Waals surface area contributed by atoms with Crippen molar-refractivity contribution in [3.05, 3.63) is 56.7 Å². The fraction of sp³-hybridized carbons (Fsp3) is 0.316. The number of likely N-dealkylation sites (N-methyl/N-ethyl adjacent to an activating group) is 1. The minimum Gasteiger partial charge on any atom is -0.466 e. The second kappa shape index (κ2) is 7.40. The summed E-state index contributed by atoms with van der Waals surface area (Å²) in [6.45, 7) is 3.64. The van der Waals surface area contributed by atoms with Gasteiger partial charge in [0.1, 0.15) is 0 Å². The first kappa shape index (κ1) is 19.5. The summed E-state index contributed by atoms with van der Waals surface area (Å²) < 4.78 is 5.01. The molecule has 0 aliphatic carbocycles. The Morgan fingerprint density at radius 3 is 2.41 bits per heavy atom. The highest BCUT2D eigenvalue weighted by molar-refractivity contribution is 8.18. The summed E-state index contributed by atoms with van der Waals surface area (Å²) in [6, 6.07) is 6.86. The Morgan fingerprint density at radius 1 is 1.22 bits per heavy atom. The number of nitrogens with zero attached hydrogens (tertiary/aromatic N) is 3. The number of hydrogen-bond acceptors (Lipinski definition) is 6. The van der Waals surface area contributed by atoms with Crippen molar-refractivity contribution in [1.29, 1.82) is 0 Å². The van der Waals surface area contributed by atoms with Gasteiger partial charge in [-0.1, -0.05) is 23.7 Å². The minimum absolute atomic E-state index is 0.0956. The molecule has 0 spiro atoms. The maximum absolute atomic E-state index is 12.6. The molecule has 0 bridgehead atoms. The van der Waals surface area contributed by atoms with Crippen LogP contribution in [0.3, 0.4) is 0 Å². The molecular weight excluding hydrogens is 386 g/mol. The van der Waals surface area contributed by atoms with Crippen molar-refractivity contribution < 1.29 is 14.3 Å². The molecular formula is C19H20ClN3O3S. The monoisotopic (exact) mass is 405 g/mol. The van der Waals surface area contributed by atoms with Crippen molar-refractivity contribution in [2.45, 2.75) is 19.9 Å². The number of amidine groups is 1. The standard InChI is InChI=1S/C19H20ClN3O3S/c1-10-14(18(25)26-5)15(12-6-8-13(20)9-7-12)23-11(2)16(17(24)22(3)4)27-19(23)21-10/h6-9,15H,1-5H3/t15-/m0/s1. The van der Waals surface area contributed by atoms with Crippen LogP contribution in [0.1, 0.15) is 25.5 Å². The lowest BCUT2D eigenvalue weighted by atomic mass is 9.94. The molecule has 0 unspecified atom stereocenters. The lowest BCUT2D eigenvalue weighted by Crippen LogP contribution is -2.36. The van der Waals surface area contributed by atoms with Gasteiger partial charge in [0.05, 0.1) is 29.3 Å². The van der Waals surface area contributed by atoms with Gasteiger partial charge in [0.25, 0.3) is 5.91 Å². The zero-order chi connectivity index (χ0) is 19.9. The van der Waals surface area contributed by atoms with Crippen LogP contribution in [-0.2, 0) is 14.3 Å². The van der Waals surface area contributed by atoms with E-state index in [1.165, 1.54) is 23.8 Å². The van der Waals surface area contributed by atoms with E-state index in [9.17, 15) is 9.59 Å². The summed E-state index contributed by atoms with van der Waals surface area (Å²) in [5, 5.41) is 1.28. The number of aliphatic imine (C=N–C) groups is 1. The van der Waals surface area contributed by atoms with Crippen LogP contribution in [0.4, 0.5) is 0 Å². The van der Waals surface area contributed by atoms with Crippen molar-refractivity contribution in [2.75, 3.05) is 21.2 Å². The van der Waals surface area contributed by atoms with Crippen LogP contribution in [0, 0.1) is 0 Å². The van der Waals surface area contributed by atoms with Gasteiger partial charge in [0.15, 0.2) is 5.17 Å². The van der Waals surface area contributed by atoms with Gasteiger partial charge in [-0.2, -0.15) is 0 Å². The van der Waals surface area contributed by atoms with E-state index in [-0.39, 0.29) is 5.91 Å². The number of fused-ring (bicyclic) bond motifs is 1. The summed E-state index contributed by atoms with van der Waals surface area (Å²) >= 11 is 7.36. The van der Waals surface area contributed by atoms with E-state index >= 15 is 0 Å². The van der Waals surface area contributed by atoms with Crippen LogP contribution >= 0.6 is 23.4 Å². The number of benzene rings is 1. The van der Waals surface area contributed by atoms with E-state index in [0.29, 0.717) is 26.4 Å². The van der Waals surface area contributed by atoms with E-state index in [2.05, 4.69) is 4.99 Å². The molecule has 1 atom stereocenters. The number of thioether (sulfide) groups is 1. The Balaban J connectivity index is 2.18. The topological polar surface area (TPSA) is 62.2 Å². The van der Waals surface area contributed by atoms with E-state index in [1.807, 2.05) is 24.0 Å². The summed E-state index contributed by atoms with van der Waals surface area (Å²) in [7, 11) is 4.77. The van der Waals surface area contributed by atoms with Gasteiger partial charge < -0.3 is 14.5 Å². The van der Waals surface area contributed by atoms with Gasteiger partial charge in [-0.05, 0) is 43.3 Å². The molecule has 0 saturated carbocycles. The Morgan fingerprint density at radius 2 is 1.85 bits per heavy atom. The summed E-state index contributed by atoms with van der Waals surface area (Å²) in [5.41, 5.74) is 2.64. The van der Waals surface area contributed by atoms with Crippen LogP contribution in [0.5, 0.6) is 0 Å². The van der Waals surface area contributed by atoms with Gasteiger partial charge in [-0.15, -0.1) is 0 Å². The highest BCUT2D eigenvalue weighted by Gasteiger charge is 2.43. The molecule has 0 fully saturated rings. The first-order valence-corrected chi connectivity index (χ1v) is 9.48. The summed E-state index contributed by atoms with van der Waals surface area (Å²) in [5.74, 6) is -0.540. The van der Waals surface area contributed by atoms with E-state index in [0.717, 1.165) is 11.3 Å². The maximum Gasteiger partial charge on any atom is 0.338 e. The van der Waals surface area contributed by atoms with Crippen LogP contribution < -0.4 is 0 Å². The van der Waals surface area contributed by atoms with E-state index in [1.54, 1.807) is 33.2 Å². The van der Waals surface area contributed by atoms with E-state index in [4.69, 9.17) is 16.3 Å². The molecule has 1 amide bonds. The number of allylic oxidation sites excluding steroid dienone is 2. The molecule has 2 aliphatic heterocycles. The molecule has 0 radical (unpaired) electrons. The highest BCUT2D eigenvalue weighted by atomic mass is 35.5. The van der Waals surface area contributed by atoms with Crippen molar-refractivity contribution in [1.82, 2.24) is 9.80 Å². The zero-order valence-electron chi connectivity index (χ0n) is 15.7. The number of methoxy groups -OCH3 is 1. The predicted octanol–water partition coefficient (Wildman–Crippen LogP) is 3.57. The van der Waals surface area contributed by atoms with Gasteiger partial charge >= 0.3 is 5.97 Å². The fourth-order valence-electron chi connectivity index (χ4n) is 3.11. The van der Waals surface area contributed by atoms with Crippen LogP contribution in [-0.4, -0.2) is 48.0 Å². The smallest absolute Gasteiger partial charge is 0.338 e. The summed E-state index contributed by atoms with van der Waals surface area (Å²) in [6.07, 6.45) is 0. The van der Waals surface area contributed by atoms with Gasteiger partial charge in [-0.3, -0.25) is 4.79 Å². The average molecular weight is 406 g/mol. The molecule has 3 rings (SSSR count). The Bertz CT molecular complexity index is 903. The number of hydrogen-bond donors (Lipinski definition) is 0. The molecule has 0 saturated heterocycles. The molecule has 27 heavy (non-hydrogen) atoms. The number of carbonyl (C=O) groups excluding carboxylic acids is 2. The van der Waals surface area contributed by atoms with Gasteiger partial charge in [0.2, 0.25) is 0 Å². The predicted molar refractivity (Wildman–Crippen MR) is 107 cm³/mol. The van der Waals surface area contributed by atoms with Crippen LogP contribution in [0.2, 0.25) is 5.02 Å². The Labute approximate surface area is 167 Å². The Kier molecular flexibility index (Phi) is 5.35. The second-order valence-electron chi connectivity index (χ2n) is 6.43. The van der Waals surface area contributed by atoms with Gasteiger partial charge in [0, 0.05) is 24.8 Å². The normalized spacial score (nSPS) is 19.1. The molecule has 2 aliphatic rings. The van der Waals surface area contributed by atoms with Crippen molar-refractivity contribution in [3.63, 3.8) is 0 Å². The second-order valence-corrected chi connectivity index (χ2v) is 7.84. The lowest BCUT2D eigenvalue weighted by Gasteiger charge is -2.35. The average Bonchev–Trinajstić information content (AvgIpc) is 2.96. The molecule has 2 heterocycles. The quantitative estimate of drug-likeness (QED) is 0.719. The largest absolute Gasteiger partial charge is 0.466 e. The maximum atomic E-state index is 12.6. The number of amides is 1. The van der Waals surface area contributed by atoms with Crippen molar-refractivity contribution in [3.8, 4) is 0 Å². The Hall–Kier alpha value is -2.25. The van der Waals surface area contributed by atoms with Crippen molar-refractivity contribution in [2.24, 2.45) is 4.99 Å². The minimum atomic E-state index is -0.444. The number of ether oxygens (including phenoxy) is 1. The first-order chi connectivity index (χ1) is 12.8. The van der Waals surface area contributed by atoms with Crippen LogP contribution in [0.15, 0.2) is 51.1 Å². The van der Waals surface area contributed by atoms with Gasteiger partial charge in [-0.25, -0.2) is 9.79 Å². The molecule has 0 aromatic heterocycles. The third-order valence-electron chi connectivity index (χ3n) is 4.47. The zero-order valence-corrected chi connectivity index (χ0v) is 17.3. The summed E-state index contributed by atoms with van der Waals surface area (Å²) in [4.78, 5) is 33.8. The number of halogens is 1. The molecule has 1 aromatic carbocycles. The molecule has 0 N–H and O–H groups in total. The SMILES string of the molecule is COC(=O)C1=C(C)N=C2SC(C(=O)N(C)C)=C(C)N2[C@H]1c1ccc(Cl)cc1. The highest BCUT2D eigenvalue weighted by Crippen LogP contribution is 2.47. The first-order valence-electron chi connectivity index (χ1n) is 8.29. The number of carbonyl (C=O) groups is 2. The van der Waals surface area contributed by atoms with Crippen LogP contribution in [0.25, 0.3) is 0 Å². The third-order valence-corrected chi connectivity index (χ3v) is 5.86. The van der Waals surface area contributed by atoms with Crippen molar-refractivity contribution >= 4 is 40.4 Å².